The van der Waals surface area contributed by atoms with E-state index in [9.17, 15) is 0 Å². The summed E-state index contributed by atoms with van der Waals surface area (Å²) in [5.41, 5.74) is 1.20. The van der Waals surface area contributed by atoms with Gasteiger partial charge in [-0.1, -0.05) is 65.0 Å². The van der Waals surface area contributed by atoms with Crippen LogP contribution in [0.15, 0.2) is 30.3 Å². The maximum Gasteiger partial charge on any atom is 0.192 e. The van der Waals surface area contributed by atoms with Crippen molar-refractivity contribution in [1.29, 1.82) is 0 Å². The van der Waals surface area contributed by atoms with Crippen molar-refractivity contribution in [1.82, 2.24) is 0 Å². The minimum atomic E-state index is -1.89. The summed E-state index contributed by atoms with van der Waals surface area (Å²) in [6, 6.07) is 10.3. The fourth-order valence-corrected chi connectivity index (χ4v) is 4.25. The van der Waals surface area contributed by atoms with E-state index in [4.69, 9.17) is 18.6 Å². The van der Waals surface area contributed by atoms with Gasteiger partial charge in [-0.15, -0.1) is 0 Å². The minimum Gasteiger partial charge on any atom is -0.413 e. The predicted molar refractivity (Wildman–Crippen MR) is 114 cm³/mol. The van der Waals surface area contributed by atoms with Gasteiger partial charge in [-0.2, -0.15) is 0 Å². The average molecular weight is 397 g/mol. The van der Waals surface area contributed by atoms with Gasteiger partial charge in [0.1, 0.15) is 6.79 Å². The molecule has 3 unspecified atom stereocenters. The van der Waals surface area contributed by atoms with E-state index in [2.05, 4.69) is 59.8 Å². The van der Waals surface area contributed by atoms with Crippen LogP contribution in [0.3, 0.4) is 0 Å². The molecule has 0 aromatic heterocycles. The first-order valence-corrected chi connectivity index (χ1v) is 12.9. The van der Waals surface area contributed by atoms with Gasteiger partial charge < -0.3 is 18.6 Å². The monoisotopic (exact) mass is 396 g/mol. The highest BCUT2D eigenvalue weighted by atomic mass is 28.4. The number of rotatable bonds is 12. The molecule has 0 amide bonds. The third-order valence-electron chi connectivity index (χ3n) is 5.43. The first kappa shape index (κ1) is 24.3. The van der Waals surface area contributed by atoms with Gasteiger partial charge >= 0.3 is 0 Å². The maximum atomic E-state index is 6.80. The van der Waals surface area contributed by atoms with E-state index in [0.29, 0.717) is 26.6 Å². The SMILES string of the molecule is COCOCC(C)C(O[Si](C)(C)C(C)(C)C)C(C)COCc1ccccc1. The van der Waals surface area contributed by atoms with Crippen molar-refractivity contribution in [3.8, 4) is 0 Å². The average Bonchev–Trinajstić information content (AvgIpc) is 2.59. The van der Waals surface area contributed by atoms with Crippen LogP contribution in [0.1, 0.15) is 40.2 Å². The number of hydrogen-bond acceptors (Lipinski definition) is 4. The van der Waals surface area contributed by atoms with Crippen LogP contribution in [-0.2, 0) is 25.2 Å². The molecule has 0 N–H and O–H groups in total. The molecule has 5 heteroatoms. The number of methoxy groups -OCH3 is 1. The molecule has 0 heterocycles. The van der Waals surface area contributed by atoms with Crippen LogP contribution in [0, 0.1) is 11.8 Å². The van der Waals surface area contributed by atoms with Crippen LogP contribution < -0.4 is 0 Å². The summed E-state index contributed by atoms with van der Waals surface area (Å²) in [4.78, 5) is 0. The largest absolute Gasteiger partial charge is 0.413 e. The highest BCUT2D eigenvalue weighted by molar-refractivity contribution is 6.74. The molecular weight excluding hydrogens is 356 g/mol. The van der Waals surface area contributed by atoms with Crippen LogP contribution >= 0.6 is 0 Å². The van der Waals surface area contributed by atoms with Crippen molar-refractivity contribution in [2.24, 2.45) is 11.8 Å². The molecule has 0 bridgehead atoms. The van der Waals surface area contributed by atoms with E-state index in [-0.39, 0.29) is 23.0 Å². The summed E-state index contributed by atoms with van der Waals surface area (Å²) in [6.07, 6.45) is 0.0959. The Balaban J connectivity index is 2.72. The van der Waals surface area contributed by atoms with Crippen molar-refractivity contribution in [3.05, 3.63) is 35.9 Å². The Morgan fingerprint density at radius 1 is 0.926 bits per heavy atom. The van der Waals surface area contributed by atoms with Gasteiger partial charge in [0.05, 0.1) is 25.9 Å². The summed E-state index contributed by atoms with van der Waals surface area (Å²) in [6.45, 7) is 18.1. The third kappa shape index (κ3) is 8.44. The Hall–Kier alpha value is -0.723. The standard InChI is InChI=1S/C22H40O4Si/c1-18(14-24-16-20-12-10-9-11-13-20)21(19(2)15-25-17-23-6)26-27(7,8)22(3,4)5/h9-13,18-19,21H,14-17H2,1-8H3. The summed E-state index contributed by atoms with van der Waals surface area (Å²) in [5, 5.41) is 0.170. The van der Waals surface area contributed by atoms with Crippen LogP contribution in [-0.4, -0.2) is 41.5 Å². The maximum absolute atomic E-state index is 6.80. The molecule has 0 saturated heterocycles. The molecule has 156 valence electrons. The van der Waals surface area contributed by atoms with Crippen molar-refractivity contribution >= 4 is 8.32 Å². The van der Waals surface area contributed by atoms with Crippen molar-refractivity contribution < 1.29 is 18.6 Å². The molecule has 0 spiro atoms. The van der Waals surface area contributed by atoms with Crippen molar-refractivity contribution in [2.75, 3.05) is 27.1 Å². The molecule has 4 nitrogen and oxygen atoms in total. The van der Waals surface area contributed by atoms with E-state index >= 15 is 0 Å². The lowest BCUT2D eigenvalue weighted by Crippen LogP contribution is -2.48. The molecule has 1 aromatic rings. The van der Waals surface area contributed by atoms with E-state index < -0.39 is 8.32 Å². The Morgan fingerprint density at radius 3 is 2.00 bits per heavy atom. The van der Waals surface area contributed by atoms with E-state index in [1.807, 2.05) is 18.2 Å². The van der Waals surface area contributed by atoms with E-state index in [1.54, 1.807) is 7.11 Å². The fraction of sp³-hybridized carbons (Fsp3) is 0.727. The van der Waals surface area contributed by atoms with E-state index in [1.165, 1.54) is 5.56 Å². The quantitative estimate of drug-likeness (QED) is 0.266. The van der Waals surface area contributed by atoms with Gasteiger partial charge in [0.25, 0.3) is 0 Å². The summed E-state index contributed by atoms with van der Waals surface area (Å²) < 4.78 is 23.5. The van der Waals surface area contributed by atoms with Gasteiger partial charge in [-0.3, -0.25) is 0 Å². The third-order valence-corrected chi connectivity index (χ3v) is 9.91. The zero-order valence-corrected chi connectivity index (χ0v) is 19.6. The van der Waals surface area contributed by atoms with Crippen LogP contribution in [0.4, 0.5) is 0 Å². The molecule has 0 aliphatic heterocycles. The molecule has 0 aliphatic carbocycles. The fourth-order valence-electron chi connectivity index (χ4n) is 2.75. The second-order valence-corrected chi connectivity index (χ2v) is 13.8. The van der Waals surface area contributed by atoms with E-state index in [0.717, 1.165) is 0 Å². The molecule has 27 heavy (non-hydrogen) atoms. The summed E-state index contributed by atoms with van der Waals surface area (Å²) in [7, 11) is -0.239. The van der Waals surface area contributed by atoms with Gasteiger partial charge in [-0.25, -0.2) is 0 Å². The molecule has 1 rings (SSSR count). The molecule has 3 atom stereocenters. The second-order valence-electron chi connectivity index (χ2n) is 9.08. The predicted octanol–water partition coefficient (Wildman–Crippen LogP) is 5.49. The first-order valence-electron chi connectivity index (χ1n) is 9.94. The van der Waals surface area contributed by atoms with Gasteiger partial charge in [0.2, 0.25) is 0 Å². The smallest absolute Gasteiger partial charge is 0.192 e. The number of benzene rings is 1. The zero-order valence-electron chi connectivity index (χ0n) is 18.6. The minimum absolute atomic E-state index is 0.0959. The molecule has 0 fully saturated rings. The first-order chi connectivity index (χ1) is 12.6. The molecule has 0 saturated carbocycles. The topological polar surface area (TPSA) is 36.9 Å². The number of ether oxygens (including phenoxy) is 3. The summed E-state index contributed by atoms with van der Waals surface area (Å²) >= 11 is 0. The zero-order chi connectivity index (χ0) is 20.5. The lowest BCUT2D eigenvalue weighted by molar-refractivity contribution is -0.0678. The lowest BCUT2D eigenvalue weighted by atomic mass is 9.94. The van der Waals surface area contributed by atoms with Gasteiger partial charge in [-0.05, 0) is 23.7 Å². The summed E-state index contributed by atoms with van der Waals surface area (Å²) in [5.74, 6) is 0.550. The van der Waals surface area contributed by atoms with Crippen LogP contribution in [0.25, 0.3) is 0 Å². The molecular formula is C22H40O4Si. The van der Waals surface area contributed by atoms with Crippen molar-refractivity contribution in [2.45, 2.75) is 65.5 Å². The van der Waals surface area contributed by atoms with Crippen LogP contribution in [0.5, 0.6) is 0 Å². The second kappa shape index (κ2) is 11.3. The Morgan fingerprint density at radius 2 is 1.48 bits per heavy atom. The Kier molecular flexibility index (Phi) is 10.2. The van der Waals surface area contributed by atoms with Gasteiger partial charge in [0.15, 0.2) is 8.32 Å². The highest BCUT2D eigenvalue weighted by Crippen LogP contribution is 2.39. The highest BCUT2D eigenvalue weighted by Gasteiger charge is 2.41. The van der Waals surface area contributed by atoms with Crippen LogP contribution in [0.2, 0.25) is 18.1 Å². The Bertz CT molecular complexity index is 513. The molecule has 0 aliphatic rings. The van der Waals surface area contributed by atoms with Crippen molar-refractivity contribution in [3.63, 3.8) is 0 Å². The molecule has 0 radical (unpaired) electrons. The van der Waals surface area contributed by atoms with Gasteiger partial charge in [0, 0.05) is 18.9 Å². The Labute approximate surface area is 167 Å². The normalized spacial score (nSPS) is 16.1. The number of hydrogen-bond donors (Lipinski definition) is 0. The lowest BCUT2D eigenvalue weighted by Gasteiger charge is -2.42. The molecule has 1 aromatic carbocycles.